The van der Waals surface area contributed by atoms with Crippen LogP contribution in [0.15, 0.2) is 9.72 Å². The van der Waals surface area contributed by atoms with E-state index in [0.29, 0.717) is 5.92 Å². The van der Waals surface area contributed by atoms with Gasteiger partial charge < -0.3 is 5.11 Å². The van der Waals surface area contributed by atoms with Crippen LogP contribution in [0.5, 0.6) is 0 Å². The Morgan fingerprint density at radius 3 is 2.55 bits per heavy atom. The number of carbonyl (C=O) groups is 1. The van der Waals surface area contributed by atoms with Gasteiger partial charge in [0.1, 0.15) is 0 Å². The maximum Gasteiger partial charge on any atom is 0.356 e. The first-order valence-corrected chi connectivity index (χ1v) is 8.80. The van der Waals surface area contributed by atoms with Crippen LogP contribution in [0, 0.1) is 5.92 Å². The van der Waals surface area contributed by atoms with E-state index < -0.39 is 16.0 Å². The van der Waals surface area contributed by atoms with E-state index in [1.54, 1.807) is 0 Å². The number of aromatic carboxylic acids is 1. The van der Waals surface area contributed by atoms with E-state index in [1.807, 2.05) is 0 Å². The quantitative estimate of drug-likeness (QED) is 0.918. The van der Waals surface area contributed by atoms with Crippen LogP contribution in [0.25, 0.3) is 0 Å². The minimum Gasteiger partial charge on any atom is -0.476 e. The third kappa shape index (κ3) is 2.87. The first-order valence-electron chi connectivity index (χ1n) is 6.49. The van der Waals surface area contributed by atoms with E-state index in [-0.39, 0.29) is 15.9 Å². The maximum atomic E-state index is 12.5. The Bertz CT molecular complexity index is 588. The summed E-state index contributed by atoms with van der Waals surface area (Å²) in [5.41, 5.74) is 0.874. The van der Waals surface area contributed by atoms with Crippen molar-refractivity contribution in [3.8, 4) is 0 Å². The van der Waals surface area contributed by atoms with Gasteiger partial charge in [-0.1, -0.05) is 6.92 Å². The molecule has 1 aliphatic rings. The summed E-state index contributed by atoms with van der Waals surface area (Å²) in [5.74, 6) is -0.684. The van der Waals surface area contributed by atoms with Crippen LogP contribution in [0.2, 0.25) is 0 Å². The molecule has 0 unspecified atom stereocenters. The first-order chi connectivity index (χ1) is 9.34. The number of sulfonamides is 1. The lowest BCUT2D eigenvalue weighted by Crippen LogP contribution is -2.39. The van der Waals surface area contributed by atoms with Crippen molar-refractivity contribution in [2.75, 3.05) is 7.05 Å². The summed E-state index contributed by atoms with van der Waals surface area (Å²) in [4.78, 5) is 14.7. The van der Waals surface area contributed by atoms with Crippen molar-refractivity contribution < 1.29 is 18.3 Å². The fraction of sp³-hybridized carbons (Fsp3) is 0.667. The van der Waals surface area contributed by atoms with Gasteiger partial charge in [-0.05, 0) is 31.6 Å². The second kappa shape index (κ2) is 5.79. The first kappa shape index (κ1) is 15.4. The molecule has 2 rings (SSSR count). The van der Waals surface area contributed by atoms with Crippen LogP contribution in [0.1, 0.15) is 43.1 Å². The highest BCUT2D eigenvalue weighted by Gasteiger charge is 2.34. The smallest absolute Gasteiger partial charge is 0.356 e. The van der Waals surface area contributed by atoms with Gasteiger partial charge in [-0.2, -0.15) is 4.31 Å². The van der Waals surface area contributed by atoms with Crippen LogP contribution in [0.3, 0.4) is 0 Å². The molecule has 0 spiro atoms. The molecule has 0 bridgehead atoms. The molecule has 0 saturated heterocycles. The standard InChI is InChI=1S/C12H18N2O4S2/c1-8-3-5-9(6-4-8)14(2)20(17,18)12-10(11(15)16)13-7-19-12/h7-9H,3-6H2,1-2H3,(H,15,16). The van der Waals surface area contributed by atoms with Crippen LogP contribution in [-0.2, 0) is 10.0 Å². The molecule has 20 heavy (non-hydrogen) atoms. The number of rotatable bonds is 4. The molecule has 112 valence electrons. The molecule has 8 heteroatoms. The van der Waals surface area contributed by atoms with Gasteiger partial charge in [0.25, 0.3) is 10.0 Å². The van der Waals surface area contributed by atoms with E-state index in [2.05, 4.69) is 11.9 Å². The summed E-state index contributed by atoms with van der Waals surface area (Å²) in [6.45, 7) is 2.16. The molecular weight excluding hydrogens is 300 g/mol. The Morgan fingerprint density at radius 1 is 1.40 bits per heavy atom. The molecule has 1 aliphatic carbocycles. The van der Waals surface area contributed by atoms with Crippen LogP contribution in [0.4, 0.5) is 0 Å². The molecule has 0 amide bonds. The molecule has 0 radical (unpaired) electrons. The molecule has 0 aliphatic heterocycles. The monoisotopic (exact) mass is 318 g/mol. The molecule has 6 nitrogen and oxygen atoms in total. The van der Waals surface area contributed by atoms with Crippen molar-refractivity contribution >= 4 is 27.3 Å². The average Bonchev–Trinajstić information content (AvgIpc) is 2.89. The fourth-order valence-corrected chi connectivity index (χ4v) is 5.22. The SMILES string of the molecule is CC1CCC(N(C)S(=O)(=O)c2scnc2C(=O)O)CC1. The van der Waals surface area contributed by atoms with Crippen molar-refractivity contribution in [1.29, 1.82) is 0 Å². The Labute approximate surface area is 122 Å². The zero-order chi connectivity index (χ0) is 14.9. The Hall–Kier alpha value is -0.990. The normalized spacial score (nSPS) is 23.9. The Kier molecular flexibility index (Phi) is 4.46. The topological polar surface area (TPSA) is 87.6 Å². The van der Waals surface area contributed by atoms with Gasteiger partial charge in [-0.15, -0.1) is 11.3 Å². The minimum absolute atomic E-state index is 0.0556. The predicted molar refractivity (Wildman–Crippen MR) is 75.4 cm³/mol. The van der Waals surface area contributed by atoms with E-state index in [9.17, 15) is 13.2 Å². The number of hydrogen-bond acceptors (Lipinski definition) is 5. The van der Waals surface area contributed by atoms with Gasteiger partial charge in [0.15, 0.2) is 9.90 Å². The zero-order valence-electron chi connectivity index (χ0n) is 11.4. The van der Waals surface area contributed by atoms with Crippen LogP contribution < -0.4 is 0 Å². The second-order valence-corrected chi connectivity index (χ2v) is 8.28. The molecule has 1 N–H and O–H groups in total. The fourth-order valence-electron chi connectivity index (χ4n) is 2.49. The van der Waals surface area contributed by atoms with Crippen molar-refractivity contribution in [3.05, 3.63) is 11.2 Å². The molecule has 1 heterocycles. The lowest BCUT2D eigenvalue weighted by molar-refractivity contribution is 0.0687. The minimum atomic E-state index is -3.78. The lowest BCUT2D eigenvalue weighted by Gasteiger charge is -2.32. The van der Waals surface area contributed by atoms with Crippen molar-refractivity contribution in [2.45, 2.75) is 42.9 Å². The van der Waals surface area contributed by atoms with Gasteiger partial charge in [0.05, 0.1) is 5.51 Å². The number of carboxylic acids is 1. The van der Waals surface area contributed by atoms with E-state index in [0.717, 1.165) is 37.0 Å². The van der Waals surface area contributed by atoms with Gasteiger partial charge in [0.2, 0.25) is 0 Å². The summed E-state index contributed by atoms with van der Waals surface area (Å²) in [5, 5.41) is 9.01. The highest BCUT2D eigenvalue weighted by molar-refractivity contribution is 7.91. The molecule has 0 atom stereocenters. The molecular formula is C12H18N2O4S2. The van der Waals surface area contributed by atoms with Crippen molar-refractivity contribution in [3.63, 3.8) is 0 Å². The molecule has 1 aromatic heterocycles. The summed E-state index contributed by atoms with van der Waals surface area (Å²) in [7, 11) is -2.25. The third-order valence-electron chi connectivity index (χ3n) is 3.85. The van der Waals surface area contributed by atoms with Gasteiger partial charge in [-0.3, -0.25) is 0 Å². The molecule has 1 aromatic rings. The lowest BCUT2D eigenvalue weighted by atomic mass is 9.87. The molecule has 1 fully saturated rings. The summed E-state index contributed by atoms with van der Waals surface area (Å²) < 4.78 is 26.2. The number of aromatic nitrogens is 1. The summed E-state index contributed by atoms with van der Waals surface area (Å²) in [6.07, 6.45) is 3.63. The highest BCUT2D eigenvalue weighted by Crippen LogP contribution is 2.31. The Balaban J connectivity index is 2.25. The van der Waals surface area contributed by atoms with Crippen molar-refractivity contribution in [1.82, 2.24) is 9.29 Å². The van der Waals surface area contributed by atoms with Crippen LogP contribution in [-0.4, -0.2) is 41.9 Å². The largest absolute Gasteiger partial charge is 0.476 e. The molecule has 0 aromatic carbocycles. The number of nitrogens with zero attached hydrogens (tertiary/aromatic N) is 2. The summed E-state index contributed by atoms with van der Waals surface area (Å²) in [6, 6.07) is -0.0556. The zero-order valence-corrected chi connectivity index (χ0v) is 13.1. The average molecular weight is 318 g/mol. The second-order valence-electron chi connectivity index (χ2n) is 5.23. The number of carboxylic acid groups (broad SMARTS) is 1. The molecule has 1 saturated carbocycles. The maximum absolute atomic E-state index is 12.5. The van der Waals surface area contributed by atoms with Crippen LogP contribution >= 0.6 is 11.3 Å². The summed E-state index contributed by atoms with van der Waals surface area (Å²) >= 11 is 0.856. The highest BCUT2D eigenvalue weighted by atomic mass is 32.2. The van der Waals surface area contributed by atoms with E-state index in [1.165, 1.54) is 16.9 Å². The van der Waals surface area contributed by atoms with E-state index >= 15 is 0 Å². The number of hydrogen-bond donors (Lipinski definition) is 1. The van der Waals surface area contributed by atoms with E-state index in [4.69, 9.17) is 5.11 Å². The Morgan fingerprint density at radius 2 is 2.00 bits per heavy atom. The van der Waals surface area contributed by atoms with Gasteiger partial charge >= 0.3 is 5.97 Å². The number of thiazole rings is 1. The van der Waals surface area contributed by atoms with Gasteiger partial charge in [0, 0.05) is 13.1 Å². The van der Waals surface area contributed by atoms with Gasteiger partial charge in [-0.25, -0.2) is 18.2 Å². The third-order valence-corrected chi connectivity index (χ3v) is 7.11. The predicted octanol–water partition coefficient (Wildman–Crippen LogP) is 2.04. The van der Waals surface area contributed by atoms with Crippen molar-refractivity contribution in [2.24, 2.45) is 5.92 Å².